The molecule has 1 unspecified atom stereocenters. The van der Waals surface area contributed by atoms with Gasteiger partial charge < -0.3 is 23.7 Å². The standard InChI is InChI=1S/C20H30O6/c1-6-20(12-9-7-8-10-13(12)21)15(14-11-22-18(2,3)24-14)23-17-16(20)25-19(4,5)26-17/h6,12,14-17H,1,7-11H2,2-5H3/t12-,14?,15+,16-,17+,20-/m0/s1. The van der Waals surface area contributed by atoms with Crippen molar-refractivity contribution in [2.45, 2.75) is 89.6 Å². The van der Waals surface area contributed by atoms with E-state index in [1.165, 1.54) is 0 Å². The zero-order valence-electron chi connectivity index (χ0n) is 16.2. The van der Waals surface area contributed by atoms with Crippen molar-refractivity contribution >= 4 is 5.78 Å². The molecule has 4 fully saturated rings. The largest absolute Gasteiger partial charge is 0.348 e. The van der Waals surface area contributed by atoms with Gasteiger partial charge in [-0.15, -0.1) is 6.58 Å². The highest BCUT2D eigenvalue weighted by Gasteiger charge is 2.68. The number of ketones is 1. The van der Waals surface area contributed by atoms with E-state index in [1.807, 2.05) is 33.8 Å². The van der Waals surface area contributed by atoms with Crippen LogP contribution in [0, 0.1) is 11.3 Å². The first-order chi connectivity index (χ1) is 12.2. The predicted molar refractivity (Wildman–Crippen MR) is 93.2 cm³/mol. The topological polar surface area (TPSA) is 63.2 Å². The Hall–Kier alpha value is -0.790. The quantitative estimate of drug-likeness (QED) is 0.716. The van der Waals surface area contributed by atoms with Crippen LogP contribution < -0.4 is 0 Å². The van der Waals surface area contributed by atoms with Crippen molar-refractivity contribution in [3.63, 3.8) is 0 Å². The fourth-order valence-corrected chi connectivity index (χ4v) is 5.15. The molecule has 146 valence electrons. The summed E-state index contributed by atoms with van der Waals surface area (Å²) in [6, 6.07) is 0. The maximum atomic E-state index is 12.9. The normalized spacial score (nSPS) is 47.1. The summed E-state index contributed by atoms with van der Waals surface area (Å²) in [5.41, 5.74) is -0.676. The van der Waals surface area contributed by atoms with Crippen molar-refractivity contribution in [1.29, 1.82) is 0 Å². The summed E-state index contributed by atoms with van der Waals surface area (Å²) in [6.45, 7) is 12.1. The van der Waals surface area contributed by atoms with Gasteiger partial charge in [-0.2, -0.15) is 0 Å². The minimum atomic E-state index is -0.751. The number of carbonyl (C=O) groups excluding carboxylic acids is 1. The lowest BCUT2D eigenvalue weighted by molar-refractivity contribution is -0.237. The Morgan fingerprint density at radius 2 is 1.81 bits per heavy atom. The number of hydrogen-bond donors (Lipinski definition) is 0. The van der Waals surface area contributed by atoms with Crippen molar-refractivity contribution in [2.75, 3.05) is 6.61 Å². The first-order valence-corrected chi connectivity index (χ1v) is 9.68. The molecule has 3 aliphatic heterocycles. The first kappa shape index (κ1) is 18.6. The van der Waals surface area contributed by atoms with Crippen LogP contribution in [0.3, 0.4) is 0 Å². The third-order valence-corrected chi connectivity index (χ3v) is 6.20. The van der Waals surface area contributed by atoms with E-state index >= 15 is 0 Å². The maximum absolute atomic E-state index is 12.9. The molecule has 4 aliphatic rings. The van der Waals surface area contributed by atoms with E-state index in [1.54, 1.807) is 0 Å². The molecule has 6 heteroatoms. The fourth-order valence-electron chi connectivity index (χ4n) is 5.15. The molecule has 26 heavy (non-hydrogen) atoms. The Labute approximate surface area is 155 Å². The van der Waals surface area contributed by atoms with Gasteiger partial charge in [0, 0.05) is 12.3 Å². The number of hydrogen-bond acceptors (Lipinski definition) is 6. The van der Waals surface area contributed by atoms with Crippen LogP contribution in [0.15, 0.2) is 12.7 Å². The Morgan fingerprint density at radius 3 is 2.42 bits per heavy atom. The molecule has 4 rings (SSSR count). The fraction of sp³-hybridized carbons (Fsp3) is 0.850. The average molecular weight is 366 g/mol. The number of Topliss-reactive ketones (excluding diaryl/α,β-unsaturated/α-hetero) is 1. The smallest absolute Gasteiger partial charge is 0.188 e. The van der Waals surface area contributed by atoms with Crippen LogP contribution in [-0.4, -0.2) is 48.6 Å². The molecular weight excluding hydrogens is 336 g/mol. The van der Waals surface area contributed by atoms with Gasteiger partial charge in [-0.1, -0.05) is 12.5 Å². The molecule has 0 aromatic carbocycles. The molecule has 0 spiro atoms. The molecule has 6 nitrogen and oxygen atoms in total. The summed E-state index contributed by atoms with van der Waals surface area (Å²) in [7, 11) is 0. The van der Waals surface area contributed by atoms with Crippen LogP contribution in [0.1, 0.15) is 53.4 Å². The monoisotopic (exact) mass is 366 g/mol. The molecule has 0 amide bonds. The number of ether oxygens (including phenoxy) is 5. The van der Waals surface area contributed by atoms with Gasteiger partial charge >= 0.3 is 0 Å². The summed E-state index contributed by atoms with van der Waals surface area (Å²) in [5, 5.41) is 0. The number of rotatable bonds is 3. The molecule has 3 saturated heterocycles. The second-order valence-corrected chi connectivity index (χ2v) is 8.82. The number of fused-ring (bicyclic) bond motifs is 1. The van der Waals surface area contributed by atoms with Gasteiger partial charge in [-0.05, 0) is 40.5 Å². The number of carbonyl (C=O) groups is 1. The summed E-state index contributed by atoms with van der Waals surface area (Å²) in [5.74, 6) is -1.36. The highest BCUT2D eigenvalue weighted by atomic mass is 16.8. The molecule has 1 saturated carbocycles. The van der Waals surface area contributed by atoms with E-state index in [-0.39, 0.29) is 30.0 Å². The van der Waals surface area contributed by atoms with E-state index in [0.29, 0.717) is 13.0 Å². The van der Waals surface area contributed by atoms with Crippen LogP contribution in [-0.2, 0) is 28.5 Å². The van der Waals surface area contributed by atoms with Crippen LogP contribution in [0.2, 0.25) is 0 Å². The summed E-state index contributed by atoms with van der Waals surface area (Å²) in [4.78, 5) is 12.9. The second-order valence-electron chi connectivity index (χ2n) is 8.82. The van der Waals surface area contributed by atoms with Gasteiger partial charge in [-0.25, -0.2) is 0 Å². The molecule has 0 aromatic rings. The zero-order valence-corrected chi connectivity index (χ0v) is 16.2. The van der Waals surface area contributed by atoms with Crippen molar-refractivity contribution in [1.82, 2.24) is 0 Å². The summed E-state index contributed by atoms with van der Waals surface area (Å²) < 4.78 is 30.5. The molecule has 6 atom stereocenters. The van der Waals surface area contributed by atoms with Crippen LogP contribution in [0.4, 0.5) is 0 Å². The van der Waals surface area contributed by atoms with Crippen molar-refractivity contribution < 1.29 is 28.5 Å². The molecule has 0 radical (unpaired) electrons. The van der Waals surface area contributed by atoms with E-state index in [0.717, 1.165) is 19.3 Å². The van der Waals surface area contributed by atoms with Gasteiger partial charge in [0.25, 0.3) is 0 Å². The molecule has 3 heterocycles. The third kappa shape index (κ3) is 2.78. The Kier molecular flexibility index (Phi) is 4.36. The van der Waals surface area contributed by atoms with Crippen molar-refractivity contribution in [2.24, 2.45) is 11.3 Å². The lowest BCUT2D eigenvalue weighted by Gasteiger charge is -2.44. The molecule has 0 N–H and O–H groups in total. The van der Waals surface area contributed by atoms with Gasteiger partial charge in [-0.3, -0.25) is 4.79 Å². The highest BCUT2D eigenvalue weighted by Crippen LogP contribution is 2.57. The molecule has 0 aromatic heterocycles. The Balaban J connectivity index is 1.73. The van der Waals surface area contributed by atoms with Crippen LogP contribution in [0.5, 0.6) is 0 Å². The zero-order chi connectivity index (χ0) is 18.7. The summed E-state index contributed by atoms with van der Waals surface area (Å²) in [6.07, 6.45) is 3.66. The van der Waals surface area contributed by atoms with Crippen LogP contribution >= 0.6 is 0 Å². The van der Waals surface area contributed by atoms with E-state index in [2.05, 4.69) is 6.58 Å². The van der Waals surface area contributed by atoms with E-state index in [9.17, 15) is 4.79 Å². The molecular formula is C20H30O6. The van der Waals surface area contributed by atoms with Gasteiger partial charge in [0.2, 0.25) is 0 Å². The van der Waals surface area contributed by atoms with Crippen LogP contribution in [0.25, 0.3) is 0 Å². The Bertz CT molecular complexity index is 599. The third-order valence-electron chi connectivity index (χ3n) is 6.20. The van der Waals surface area contributed by atoms with E-state index in [4.69, 9.17) is 23.7 Å². The summed E-state index contributed by atoms with van der Waals surface area (Å²) >= 11 is 0. The minimum absolute atomic E-state index is 0.196. The van der Waals surface area contributed by atoms with E-state index < -0.39 is 23.3 Å². The minimum Gasteiger partial charge on any atom is -0.348 e. The van der Waals surface area contributed by atoms with Crippen molar-refractivity contribution in [3.8, 4) is 0 Å². The highest BCUT2D eigenvalue weighted by molar-refractivity contribution is 5.83. The molecule has 0 bridgehead atoms. The van der Waals surface area contributed by atoms with Gasteiger partial charge in [0.05, 0.1) is 12.0 Å². The lowest BCUT2D eigenvalue weighted by atomic mass is 9.62. The molecule has 1 aliphatic carbocycles. The van der Waals surface area contributed by atoms with Gasteiger partial charge in [0.1, 0.15) is 24.1 Å². The maximum Gasteiger partial charge on any atom is 0.188 e. The SMILES string of the molecule is C=C[C@]1([C@H]2CCCCC2=O)[C@@H](C2COC(C)(C)O2)O[C@@H]2OC(C)(C)O[C@@H]21. The van der Waals surface area contributed by atoms with Crippen molar-refractivity contribution in [3.05, 3.63) is 12.7 Å². The second kappa shape index (κ2) is 6.11. The van der Waals surface area contributed by atoms with Gasteiger partial charge in [0.15, 0.2) is 17.9 Å². The lowest BCUT2D eigenvalue weighted by Crippen LogP contribution is -2.54. The first-order valence-electron chi connectivity index (χ1n) is 9.68. The predicted octanol–water partition coefficient (Wildman–Crippen LogP) is 2.95. The average Bonchev–Trinajstić information content (AvgIpc) is 3.16. The Morgan fingerprint density at radius 1 is 1.04 bits per heavy atom.